The highest BCUT2D eigenvalue weighted by atomic mass is 16.5. The van der Waals surface area contributed by atoms with Crippen molar-refractivity contribution in [3.05, 3.63) is 29.9 Å². The molecular formula is C11H15O. The first-order valence-electron chi connectivity index (χ1n) is 4.75. The van der Waals surface area contributed by atoms with Crippen molar-refractivity contribution < 1.29 is 4.74 Å². The number of rotatable bonds is 1. The van der Waals surface area contributed by atoms with Gasteiger partial charge in [-0.2, -0.15) is 0 Å². The van der Waals surface area contributed by atoms with Crippen molar-refractivity contribution in [2.45, 2.75) is 26.2 Å². The Morgan fingerprint density at radius 1 is 1.58 bits per heavy atom. The third kappa shape index (κ3) is 1.40. The van der Waals surface area contributed by atoms with Crippen LogP contribution >= 0.6 is 0 Å². The van der Waals surface area contributed by atoms with Gasteiger partial charge in [0.2, 0.25) is 0 Å². The molecule has 1 aliphatic carbocycles. The van der Waals surface area contributed by atoms with Gasteiger partial charge in [0.25, 0.3) is 0 Å². The van der Waals surface area contributed by atoms with Crippen molar-refractivity contribution in [1.82, 2.24) is 0 Å². The van der Waals surface area contributed by atoms with Gasteiger partial charge in [0.1, 0.15) is 6.61 Å². The van der Waals surface area contributed by atoms with E-state index in [0.717, 1.165) is 12.5 Å². The lowest BCUT2D eigenvalue weighted by molar-refractivity contribution is 0.265. The zero-order chi connectivity index (χ0) is 8.39. The van der Waals surface area contributed by atoms with Gasteiger partial charge in [0.15, 0.2) is 0 Å². The van der Waals surface area contributed by atoms with Gasteiger partial charge in [-0.15, -0.1) is 0 Å². The number of allylic oxidation sites excluding steroid dienone is 2. The van der Waals surface area contributed by atoms with Crippen LogP contribution in [0, 0.1) is 12.3 Å². The SMILES string of the molecule is CCC1[CH]C2=C(CC1)COC=C2. The van der Waals surface area contributed by atoms with Crippen molar-refractivity contribution in [2.75, 3.05) is 6.61 Å². The summed E-state index contributed by atoms with van der Waals surface area (Å²) < 4.78 is 5.25. The van der Waals surface area contributed by atoms with E-state index in [1.165, 1.54) is 30.4 Å². The molecule has 1 aliphatic heterocycles. The second-order valence-corrected chi connectivity index (χ2v) is 3.55. The molecule has 1 nitrogen and oxygen atoms in total. The Morgan fingerprint density at radius 3 is 3.33 bits per heavy atom. The Morgan fingerprint density at radius 2 is 2.50 bits per heavy atom. The third-order valence-corrected chi connectivity index (χ3v) is 2.77. The summed E-state index contributed by atoms with van der Waals surface area (Å²) in [5.41, 5.74) is 2.92. The second-order valence-electron chi connectivity index (χ2n) is 3.55. The van der Waals surface area contributed by atoms with Crippen LogP contribution < -0.4 is 0 Å². The lowest BCUT2D eigenvalue weighted by atomic mass is 9.82. The van der Waals surface area contributed by atoms with E-state index < -0.39 is 0 Å². The highest BCUT2D eigenvalue weighted by Gasteiger charge is 2.20. The van der Waals surface area contributed by atoms with E-state index in [-0.39, 0.29) is 0 Å². The number of hydrogen-bond acceptors (Lipinski definition) is 1. The lowest BCUT2D eigenvalue weighted by Gasteiger charge is -2.26. The van der Waals surface area contributed by atoms with Gasteiger partial charge in [0.05, 0.1) is 6.26 Å². The molecule has 2 rings (SSSR count). The molecule has 12 heavy (non-hydrogen) atoms. The standard InChI is InChI=1S/C11H15O/c1-2-9-3-4-11-8-12-6-5-10(11)7-9/h5-7,9H,2-4,8H2,1H3. The van der Waals surface area contributed by atoms with Crippen LogP contribution in [0.1, 0.15) is 26.2 Å². The van der Waals surface area contributed by atoms with Gasteiger partial charge in [0, 0.05) is 0 Å². The fourth-order valence-corrected chi connectivity index (χ4v) is 1.88. The topological polar surface area (TPSA) is 9.23 Å². The van der Waals surface area contributed by atoms with Gasteiger partial charge in [-0.1, -0.05) is 13.3 Å². The highest BCUT2D eigenvalue weighted by Crippen LogP contribution is 2.32. The molecule has 0 spiro atoms. The lowest BCUT2D eigenvalue weighted by Crippen LogP contribution is -2.14. The first-order valence-corrected chi connectivity index (χ1v) is 4.75. The summed E-state index contributed by atoms with van der Waals surface area (Å²) >= 11 is 0. The number of ether oxygens (including phenoxy) is 1. The van der Waals surface area contributed by atoms with E-state index in [2.05, 4.69) is 19.4 Å². The molecule has 1 radical (unpaired) electrons. The minimum atomic E-state index is 0.798. The molecule has 1 atom stereocenters. The summed E-state index contributed by atoms with van der Waals surface area (Å²) in [6.07, 6.45) is 10.1. The molecule has 2 aliphatic rings. The molecule has 0 aromatic rings. The third-order valence-electron chi connectivity index (χ3n) is 2.77. The van der Waals surface area contributed by atoms with Crippen LogP contribution in [0.2, 0.25) is 0 Å². The quantitative estimate of drug-likeness (QED) is 0.577. The summed E-state index contributed by atoms with van der Waals surface area (Å²) in [6, 6.07) is 0. The van der Waals surface area contributed by atoms with Crippen LogP contribution in [0.5, 0.6) is 0 Å². The van der Waals surface area contributed by atoms with Crippen LogP contribution in [0.15, 0.2) is 23.5 Å². The van der Waals surface area contributed by atoms with Crippen LogP contribution in [-0.4, -0.2) is 6.61 Å². The molecule has 0 N–H and O–H groups in total. The Balaban J connectivity index is 2.11. The maximum atomic E-state index is 5.25. The molecule has 0 bridgehead atoms. The summed E-state index contributed by atoms with van der Waals surface area (Å²) in [7, 11) is 0. The summed E-state index contributed by atoms with van der Waals surface area (Å²) in [5, 5.41) is 0. The maximum absolute atomic E-state index is 5.25. The molecule has 0 aromatic heterocycles. The average molecular weight is 163 g/mol. The first kappa shape index (κ1) is 7.90. The monoisotopic (exact) mass is 163 g/mol. The maximum Gasteiger partial charge on any atom is 0.109 e. The largest absolute Gasteiger partial charge is 0.497 e. The number of hydrogen-bond donors (Lipinski definition) is 0. The van der Waals surface area contributed by atoms with Gasteiger partial charge < -0.3 is 4.74 Å². The van der Waals surface area contributed by atoms with Gasteiger partial charge in [-0.3, -0.25) is 0 Å². The zero-order valence-electron chi connectivity index (χ0n) is 7.55. The average Bonchev–Trinajstić information content (AvgIpc) is 2.17. The fraction of sp³-hybridized carbons (Fsp3) is 0.545. The smallest absolute Gasteiger partial charge is 0.109 e. The Kier molecular flexibility index (Phi) is 2.20. The first-order chi connectivity index (χ1) is 5.90. The van der Waals surface area contributed by atoms with E-state index in [0.29, 0.717) is 0 Å². The molecule has 1 heterocycles. The highest BCUT2D eigenvalue weighted by molar-refractivity contribution is 5.37. The van der Waals surface area contributed by atoms with Crippen molar-refractivity contribution in [2.24, 2.45) is 5.92 Å². The Labute approximate surface area is 74.1 Å². The van der Waals surface area contributed by atoms with E-state index in [1.54, 1.807) is 0 Å². The predicted octanol–water partition coefficient (Wildman–Crippen LogP) is 2.85. The molecule has 0 amide bonds. The van der Waals surface area contributed by atoms with Crippen molar-refractivity contribution >= 4 is 0 Å². The normalized spacial score (nSPS) is 28.2. The van der Waals surface area contributed by atoms with Crippen molar-refractivity contribution in [1.29, 1.82) is 0 Å². The molecule has 0 saturated carbocycles. The fourth-order valence-electron chi connectivity index (χ4n) is 1.88. The van der Waals surface area contributed by atoms with Crippen LogP contribution in [-0.2, 0) is 4.74 Å². The van der Waals surface area contributed by atoms with E-state index in [1.807, 2.05) is 6.26 Å². The van der Waals surface area contributed by atoms with E-state index in [9.17, 15) is 0 Å². The molecule has 1 unspecified atom stereocenters. The molecule has 0 aromatic carbocycles. The van der Waals surface area contributed by atoms with Gasteiger partial charge in [-0.05, 0) is 42.4 Å². The molecule has 0 fully saturated rings. The Hall–Kier alpha value is -0.720. The molecule has 0 saturated heterocycles. The van der Waals surface area contributed by atoms with E-state index in [4.69, 9.17) is 4.74 Å². The second kappa shape index (κ2) is 3.34. The Bertz CT molecular complexity index is 225. The molecular weight excluding hydrogens is 148 g/mol. The van der Waals surface area contributed by atoms with Crippen LogP contribution in [0.3, 0.4) is 0 Å². The predicted molar refractivity (Wildman–Crippen MR) is 49.4 cm³/mol. The van der Waals surface area contributed by atoms with Crippen LogP contribution in [0.25, 0.3) is 0 Å². The van der Waals surface area contributed by atoms with Gasteiger partial charge >= 0.3 is 0 Å². The zero-order valence-corrected chi connectivity index (χ0v) is 7.55. The summed E-state index contributed by atoms with van der Waals surface area (Å²) in [5.74, 6) is 0.798. The molecule has 1 heteroatoms. The van der Waals surface area contributed by atoms with Crippen molar-refractivity contribution in [3.63, 3.8) is 0 Å². The summed E-state index contributed by atoms with van der Waals surface area (Å²) in [4.78, 5) is 0. The van der Waals surface area contributed by atoms with E-state index >= 15 is 0 Å². The van der Waals surface area contributed by atoms with Crippen LogP contribution in [0.4, 0.5) is 0 Å². The summed E-state index contributed by atoms with van der Waals surface area (Å²) in [6.45, 7) is 3.08. The van der Waals surface area contributed by atoms with Gasteiger partial charge in [-0.25, -0.2) is 0 Å². The molecule has 65 valence electrons. The minimum Gasteiger partial charge on any atom is -0.497 e. The van der Waals surface area contributed by atoms with Crippen molar-refractivity contribution in [3.8, 4) is 0 Å². The minimum absolute atomic E-state index is 0.798.